The zero-order valence-electron chi connectivity index (χ0n) is 21.4. The highest BCUT2D eigenvalue weighted by Gasteiger charge is 2.35. The van der Waals surface area contributed by atoms with Gasteiger partial charge in [0, 0.05) is 11.6 Å². The summed E-state index contributed by atoms with van der Waals surface area (Å²) in [6.45, 7) is 1.78. The Labute approximate surface area is 230 Å². The first kappa shape index (κ1) is 26.7. The summed E-state index contributed by atoms with van der Waals surface area (Å²) in [6, 6.07) is 18.0. The minimum absolute atomic E-state index is 0.0894. The van der Waals surface area contributed by atoms with Gasteiger partial charge in [-0.1, -0.05) is 59.9 Å². The van der Waals surface area contributed by atoms with E-state index in [4.69, 9.17) is 14.5 Å². The van der Waals surface area contributed by atoms with Crippen LogP contribution in [0.25, 0.3) is 11.8 Å². The fraction of sp³-hybridized carbons (Fsp3) is 0.138. The maximum atomic E-state index is 13.9. The molecule has 0 amide bonds. The first-order valence-electron chi connectivity index (χ1n) is 12.2. The standard InChI is InChI=1S/C29H22FN3O6S/c1-3-39-28(35)24-25(18-7-5-4-6-8-18)31-29-32(26(24)19-10-12-20(30)13-11-19)27(34)23(40-29)16-17-9-14-22(38-2)21(15-17)33(36)37/h4-16,26H,3H2,1-2H3/b23-16-/t26-/m1/s1. The minimum Gasteiger partial charge on any atom is -0.490 e. The smallest absolute Gasteiger partial charge is 0.338 e. The molecule has 1 atom stereocenters. The predicted octanol–water partition coefficient (Wildman–Crippen LogP) is 3.99. The van der Waals surface area contributed by atoms with Crippen LogP contribution in [-0.4, -0.2) is 29.2 Å². The number of carbonyl (C=O) groups excluding carboxylic acids is 1. The van der Waals surface area contributed by atoms with Crippen LogP contribution in [0.3, 0.4) is 0 Å². The quantitative estimate of drug-likeness (QED) is 0.192. The molecule has 4 aromatic rings. The largest absolute Gasteiger partial charge is 0.490 e. The average Bonchev–Trinajstić information content (AvgIpc) is 3.27. The Morgan fingerprint density at radius 2 is 1.88 bits per heavy atom. The molecule has 0 unspecified atom stereocenters. The Balaban J connectivity index is 1.80. The molecular weight excluding hydrogens is 537 g/mol. The molecule has 40 heavy (non-hydrogen) atoms. The molecule has 0 N–H and O–H groups in total. The summed E-state index contributed by atoms with van der Waals surface area (Å²) >= 11 is 1.07. The lowest BCUT2D eigenvalue weighted by Gasteiger charge is -2.25. The summed E-state index contributed by atoms with van der Waals surface area (Å²) in [5, 5.41) is 11.5. The van der Waals surface area contributed by atoms with Crippen molar-refractivity contribution in [3.63, 3.8) is 0 Å². The molecule has 1 aromatic heterocycles. The van der Waals surface area contributed by atoms with E-state index in [-0.39, 0.29) is 28.1 Å². The second-order valence-electron chi connectivity index (χ2n) is 8.67. The van der Waals surface area contributed by atoms with E-state index >= 15 is 0 Å². The number of benzene rings is 3. The number of halogens is 1. The second-order valence-corrected chi connectivity index (χ2v) is 9.68. The molecule has 9 nitrogen and oxygen atoms in total. The maximum Gasteiger partial charge on any atom is 0.338 e. The molecule has 2 heterocycles. The summed E-state index contributed by atoms with van der Waals surface area (Å²) in [6.07, 6.45) is 1.52. The molecule has 3 aromatic carbocycles. The molecule has 0 saturated carbocycles. The van der Waals surface area contributed by atoms with Crippen molar-refractivity contribution in [1.82, 2.24) is 4.57 Å². The van der Waals surface area contributed by atoms with Crippen LogP contribution in [-0.2, 0) is 9.53 Å². The Hall–Kier alpha value is -4.90. The van der Waals surface area contributed by atoms with Crippen LogP contribution in [0.5, 0.6) is 5.75 Å². The van der Waals surface area contributed by atoms with E-state index in [0.29, 0.717) is 27.2 Å². The predicted molar refractivity (Wildman–Crippen MR) is 147 cm³/mol. The van der Waals surface area contributed by atoms with E-state index in [1.165, 1.54) is 54.2 Å². The van der Waals surface area contributed by atoms with Gasteiger partial charge in [0.15, 0.2) is 10.6 Å². The first-order chi connectivity index (χ1) is 19.3. The Morgan fingerprint density at radius 3 is 2.52 bits per heavy atom. The van der Waals surface area contributed by atoms with E-state index in [1.807, 2.05) is 6.07 Å². The molecule has 0 bridgehead atoms. The third-order valence-corrected chi connectivity index (χ3v) is 7.24. The van der Waals surface area contributed by atoms with Crippen LogP contribution in [0.4, 0.5) is 10.1 Å². The monoisotopic (exact) mass is 559 g/mol. The number of hydrogen-bond donors (Lipinski definition) is 0. The number of methoxy groups -OCH3 is 1. The zero-order valence-corrected chi connectivity index (χ0v) is 22.2. The number of nitro groups is 1. The topological polar surface area (TPSA) is 113 Å². The normalized spacial score (nSPS) is 14.9. The number of nitrogens with zero attached hydrogens (tertiary/aromatic N) is 3. The highest BCUT2D eigenvalue weighted by molar-refractivity contribution is 7.07. The molecule has 0 aliphatic carbocycles. The van der Waals surface area contributed by atoms with Gasteiger partial charge in [-0.2, -0.15) is 0 Å². The Bertz CT molecular complexity index is 1830. The molecule has 0 radical (unpaired) electrons. The number of rotatable bonds is 7. The van der Waals surface area contributed by atoms with Crippen molar-refractivity contribution in [3.05, 3.63) is 131 Å². The summed E-state index contributed by atoms with van der Waals surface area (Å²) in [5.74, 6) is -1.03. The van der Waals surface area contributed by atoms with Gasteiger partial charge < -0.3 is 9.47 Å². The van der Waals surface area contributed by atoms with E-state index in [2.05, 4.69) is 0 Å². The lowest BCUT2D eigenvalue weighted by Crippen LogP contribution is -2.40. The van der Waals surface area contributed by atoms with Gasteiger partial charge in [0.2, 0.25) is 0 Å². The third-order valence-electron chi connectivity index (χ3n) is 6.26. The van der Waals surface area contributed by atoms with Gasteiger partial charge in [-0.15, -0.1) is 0 Å². The van der Waals surface area contributed by atoms with Crippen LogP contribution in [0.15, 0.2) is 88.2 Å². The summed E-state index contributed by atoms with van der Waals surface area (Å²) < 4.78 is 26.0. The number of aromatic nitrogens is 1. The number of fused-ring (bicyclic) bond motifs is 1. The van der Waals surface area contributed by atoms with Crippen molar-refractivity contribution in [2.24, 2.45) is 4.99 Å². The number of nitro benzene ring substituents is 1. The van der Waals surface area contributed by atoms with Crippen LogP contribution < -0.4 is 19.6 Å². The molecule has 0 saturated heterocycles. The number of ether oxygens (including phenoxy) is 2. The van der Waals surface area contributed by atoms with Crippen molar-refractivity contribution in [2.75, 3.05) is 13.7 Å². The van der Waals surface area contributed by atoms with E-state index in [1.54, 1.807) is 37.3 Å². The zero-order chi connectivity index (χ0) is 28.4. The number of carbonyl (C=O) groups is 1. The highest BCUT2D eigenvalue weighted by Crippen LogP contribution is 2.35. The number of esters is 1. The van der Waals surface area contributed by atoms with E-state index in [9.17, 15) is 24.1 Å². The highest BCUT2D eigenvalue weighted by atomic mass is 32.1. The molecular formula is C29H22FN3O6S. The van der Waals surface area contributed by atoms with Crippen molar-refractivity contribution < 1.29 is 23.6 Å². The molecule has 202 valence electrons. The maximum absolute atomic E-state index is 13.9. The summed E-state index contributed by atoms with van der Waals surface area (Å²) in [5.41, 5.74) is 1.29. The summed E-state index contributed by atoms with van der Waals surface area (Å²) in [4.78, 5) is 43.2. The lowest BCUT2D eigenvalue weighted by atomic mass is 9.93. The second kappa shape index (κ2) is 11.1. The van der Waals surface area contributed by atoms with Gasteiger partial charge in [-0.05, 0) is 42.3 Å². The Morgan fingerprint density at radius 1 is 1.15 bits per heavy atom. The van der Waals surface area contributed by atoms with Gasteiger partial charge in [0.05, 0.1) is 40.5 Å². The van der Waals surface area contributed by atoms with Crippen LogP contribution in [0.1, 0.15) is 29.7 Å². The molecule has 0 fully saturated rings. The molecule has 1 aliphatic heterocycles. The lowest BCUT2D eigenvalue weighted by molar-refractivity contribution is -0.385. The van der Waals surface area contributed by atoms with Gasteiger partial charge in [0.1, 0.15) is 5.82 Å². The van der Waals surface area contributed by atoms with Gasteiger partial charge >= 0.3 is 11.7 Å². The van der Waals surface area contributed by atoms with Crippen LogP contribution in [0, 0.1) is 15.9 Å². The molecule has 11 heteroatoms. The van der Waals surface area contributed by atoms with Gasteiger partial charge in [0.25, 0.3) is 5.56 Å². The van der Waals surface area contributed by atoms with Gasteiger partial charge in [-0.3, -0.25) is 19.5 Å². The van der Waals surface area contributed by atoms with Crippen molar-refractivity contribution in [2.45, 2.75) is 13.0 Å². The first-order valence-corrected chi connectivity index (χ1v) is 13.0. The minimum atomic E-state index is -0.960. The van der Waals surface area contributed by atoms with E-state index in [0.717, 1.165) is 11.3 Å². The average molecular weight is 560 g/mol. The van der Waals surface area contributed by atoms with Crippen LogP contribution >= 0.6 is 11.3 Å². The number of hydrogen-bond acceptors (Lipinski definition) is 8. The number of thiazole rings is 1. The van der Waals surface area contributed by atoms with Gasteiger partial charge in [-0.25, -0.2) is 14.2 Å². The summed E-state index contributed by atoms with van der Waals surface area (Å²) in [7, 11) is 1.33. The van der Waals surface area contributed by atoms with Crippen molar-refractivity contribution >= 4 is 34.8 Å². The third kappa shape index (κ3) is 4.94. The SMILES string of the molecule is CCOC(=O)C1=C(c2ccccc2)N=c2s/c(=C\c3ccc(OC)c([N+](=O)[O-])c3)c(=O)n2[C@@H]1c1ccc(F)cc1. The molecule has 1 aliphatic rings. The van der Waals surface area contributed by atoms with Crippen molar-refractivity contribution in [3.8, 4) is 5.75 Å². The van der Waals surface area contributed by atoms with Crippen molar-refractivity contribution in [1.29, 1.82) is 0 Å². The Kier molecular flexibility index (Phi) is 7.39. The van der Waals surface area contributed by atoms with Crippen LogP contribution in [0.2, 0.25) is 0 Å². The molecule has 5 rings (SSSR count). The molecule has 0 spiro atoms. The van der Waals surface area contributed by atoms with E-state index < -0.39 is 28.3 Å². The fourth-order valence-electron chi connectivity index (χ4n) is 4.49. The fourth-order valence-corrected chi connectivity index (χ4v) is 5.49.